The molecule has 0 atom stereocenters. The van der Waals surface area contributed by atoms with Gasteiger partial charge in [-0.3, -0.25) is 0 Å². The Morgan fingerprint density at radius 2 is 2.00 bits per heavy atom. The summed E-state index contributed by atoms with van der Waals surface area (Å²) in [7, 11) is 0. The minimum Gasteiger partial charge on any atom is -0.353 e. The smallest absolute Gasteiger partial charge is 0.190 e. The lowest BCUT2D eigenvalue weighted by Gasteiger charge is -2.08. The van der Waals surface area contributed by atoms with Crippen molar-refractivity contribution in [3.8, 4) is 0 Å². The van der Waals surface area contributed by atoms with Crippen LogP contribution in [-0.4, -0.2) is 20.2 Å². The molecular formula is C12H15IN4O. The lowest BCUT2D eigenvalue weighted by molar-refractivity contribution is 0.0457. The lowest BCUT2D eigenvalue weighted by atomic mass is 10.2. The molecule has 0 aliphatic heterocycles. The van der Waals surface area contributed by atoms with Crippen LogP contribution in [-0.2, 0) is 21.5 Å². The molecule has 6 heteroatoms. The third-order valence-electron chi connectivity index (χ3n) is 2.30. The van der Waals surface area contributed by atoms with E-state index < -0.39 is 0 Å². The number of hydrogen-bond acceptors (Lipinski definition) is 4. The number of alkyl halides is 1. The summed E-state index contributed by atoms with van der Waals surface area (Å²) in [5.41, 5.74) is 1.13. The number of rotatable bonds is 5. The average molecular weight is 358 g/mol. The van der Waals surface area contributed by atoms with Gasteiger partial charge in [0.25, 0.3) is 0 Å². The van der Waals surface area contributed by atoms with Crippen molar-refractivity contribution in [1.82, 2.24) is 20.2 Å². The first kappa shape index (κ1) is 13.4. The Balaban J connectivity index is 1.86. The van der Waals surface area contributed by atoms with E-state index >= 15 is 0 Å². The van der Waals surface area contributed by atoms with Gasteiger partial charge < -0.3 is 4.74 Å². The molecule has 0 saturated carbocycles. The third kappa shape index (κ3) is 3.74. The zero-order chi connectivity index (χ0) is 13.0. The Labute approximate surface area is 120 Å². The molecule has 0 fully saturated rings. The van der Waals surface area contributed by atoms with Gasteiger partial charge in [-0.2, -0.15) is 0 Å². The predicted molar refractivity (Wildman–Crippen MR) is 76.1 cm³/mol. The summed E-state index contributed by atoms with van der Waals surface area (Å²) in [6.45, 7) is 4.94. The van der Waals surface area contributed by atoms with Crippen LogP contribution < -0.4 is 0 Å². The molecule has 0 spiro atoms. The summed E-state index contributed by atoms with van der Waals surface area (Å²) in [6.07, 6.45) is 0. The van der Waals surface area contributed by atoms with Gasteiger partial charge in [0.2, 0.25) is 0 Å². The van der Waals surface area contributed by atoms with E-state index in [4.69, 9.17) is 4.74 Å². The molecule has 5 nitrogen and oxygen atoms in total. The van der Waals surface area contributed by atoms with E-state index in [1.807, 2.05) is 44.2 Å². The largest absolute Gasteiger partial charge is 0.353 e. The number of tetrazole rings is 1. The molecule has 0 unspecified atom stereocenters. The van der Waals surface area contributed by atoms with Gasteiger partial charge in [-0.05, 0) is 24.6 Å². The number of halogens is 1. The Kier molecular flexibility index (Phi) is 4.28. The van der Waals surface area contributed by atoms with Gasteiger partial charge in [0, 0.05) is 0 Å². The fourth-order valence-electron chi connectivity index (χ4n) is 1.36. The molecule has 0 amide bonds. The molecule has 1 aromatic heterocycles. The van der Waals surface area contributed by atoms with Gasteiger partial charge >= 0.3 is 0 Å². The van der Waals surface area contributed by atoms with Crippen molar-refractivity contribution in [2.75, 3.05) is 0 Å². The second-order valence-corrected chi connectivity index (χ2v) is 7.12. The van der Waals surface area contributed by atoms with Crippen molar-refractivity contribution in [1.29, 1.82) is 0 Å². The summed E-state index contributed by atoms with van der Waals surface area (Å²) in [5, 5.41) is 12.2. The maximum absolute atomic E-state index is 5.53. The molecule has 18 heavy (non-hydrogen) atoms. The Morgan fingerprint density at radius 1 is 1.28 bits per heavy atom. The standard InChI is InChI=1S/C12H15IN4O/c1-12(2,13)11-14-16-17(15-11)9-18-8-10-6-4-3-5-7-10/h3-7H,8-9H2,1-2H3. The van der Waals surface area contributed by atoms with Crippen LogP contribution >= 0.6 is 22.6 Å². The van der Waals surface area contributed by atoms with Crippen LogP contribution in [0.5, 0.6) is 0 Å². The molecule has 0 N–H and O–H groups in total. The zero-order valence-electron chi connectivity index (χ0n) is 10.4. The number of nitrogens with zero attached hydrogens (tertiary/aromatic N) is 4. The number of aromatic nitrogens is 4. The van der Waals surface area contributed by atoms with Gasteiger partial charge in [-0.1, -0.05) is 52.9 Å². The molecule has 0 aliphatic carbocycles. The van der Waals surface area contributed by atoms with Crippen molar-refractivity contribution < 1.29 is 4.74 Å². The first-order valence-corrected chi connectivity index (χ1v) is 6.72. The summed E-state index contributed by atoms with van der Waals surface area (Å²) in [6, 6.07) is 10.0. The minimum atomic E-state index is -0.116. The van der Waals surface area contributed by atoms with E-state index in [2.05, 4.69) is 38.0 Å². The zero-order valence-corrected chi connectivity index (χ0v) is 12.5. The number of benzene rings is 1. The first-order valence-electron chi connectivity index (χ1n) is 5.64. The first-order chi connectivity index (χ1) is 8.55. The SMILES string of the molecule is CC(C)(I)c1nnn(COCc2ccccc2)n1. The van der Waals surface area contributed by atoms with Crippen LogP contribution in [0.2, 0.25) is 0 Å². The van der Waals surface area contributed by atoms with Crippen molar-refractivity contribution in [2.45, 2.75) is 30.6 Å². The molecule has 0 aliphatic rings. The van der Waals surface area contributed by atoms with Gasteiger partial charge in [-0.25, -0.2) is 0 Å². The quantitative estimate of drug-likeness (QED) is 0.609. The van der Waals surface area contributed by atoms with Crippen LogP contribution in [0.3, 0.4) is 0 Å². The fourth-order valence-corrected chi connectivity index (χ4v) is 1.57. The third-order valence-corrected chi connectivity index (χ3v) is 2.79. The highest BCUT2D eigenvalue weighted by atomic mass is 127. The highest BCUT2D eigenvalue weighted by Gasteiger charge is 2.21. The van der Waals surface area contributed by atoms with Crippen LogP contribution in [0.15, 0.2) is 30.3 Å². The van der Waals surface area contributed by atoms with Gasteiger partial charge in [0.1, 0.15) is 0 Å². The Hall–Kier alpha value is -1.02. The second kappa shape index (κ2) is 5.75. The lowest BCUT2D eigenvalue weighted by Crippen LogP contribution is -2.11. The predicted octanol–water partition coefficient (Wildman–Crippen LogP) is 2.52. The fraction of sp³-hybridized carbons (Fsp3) is 0.417. The molecule has 0 bridgehead atoms. The van der Waals surface area contributed by atoms with Crippen molar-refractivity contribution in [3.63, 3.8) is 0 Å². The molecule has 2 rings (SSSR count). The molecule has 2 aromatic rings. The van der Waals surface area contributed by atoms with Crippen LogP contribution in [0.1, 0.15) is 25.2 Å². The van der Waals surface area contributed by atoms with Gasteiger partial charge in [-0.15, -0.1) is 15.0 Å². The molecule has 1 heterocycles. The molecule has 0 radical (unpaired) electrons. The number of ether oxygens (including phenoxy) is 1. The Bertz CT molecular complexity index is 492. The minimum absolute atomic E-state index is 0.116. The van der Waals surface area contributed by atoms with Gasteiger partial charge in [0.15, 0.2) is 12.6 Å². The molecule has 1 aromatic carbocycles. The normalized spacial score (nSPS) is 11.7. The average Bonchev–Trinajstić information content (AvgIpc) is 2.79. The highest BCUT2D eigenvalue weighted by molar-refractivity contribution is 14.1. The second-order valence-electron chi connectivity index (χ2n) is 4.42. The summed E-state index contributed by atoms with van der Waals surface area (Å²) < 4.78 is 5.41. The van der Waals surface area contributed by atoms with E-state index in [-0.39, 0.29) is 3.42 Å². The monoisotopic (exact) mass is 358 g/mol. The van der Waals surface area contributed by atoms with Crippen molar-refractivity contribution >= 4 is 22.6 Å². The van der Waals surface area contributed by atoms with Crippen molar-refractivity contribution in [2.24, 2.45) is 0 Å². The molecule has 96 valence electrons. The van der Waals surface area contributed by atoms with E-state index in [1.54, 1.807) is 0 Å². The van der Waals surface area contributed by atoms with Gasteiger partial charge in [0.05, 0.1) is 10.0 Å². The highest BCUT2D eigenvalue weighted by Crippen LogP contribution is 2.26. The molecule has 0 saturated heterocycles. The van der Waals surface area contributed by atoms with E-state index in [1.165, 1.54) is 4.80 Å². The topological polar surface area (TPSA) is 52.8 Å². The molecular weight excluding hydrogens is 343 g/mol. The van der Waals surface area contributed by atoms with Crippen LogP contribution in [0, 0.1) is 0 Å². The maximum atomic E-state index is 5.53. The Morgan fingerprint density at radius 3 is 2.61 bits per heavy atom. The van der Waals surface area contributed by atoms with E-state index in [9.17, 15) is 0 Å². The van der Waals surface area contributed by atoms with Crippen LogP contribution in [0.25, 0.3) is 0 Å². The summed E-state index contributed by atoms with van der Waals surface area (Å²) in [4.78, 5) is 1.47. The van der Waals surface area contributed by atoms with Crippen molar-refractivity contribution in [3.05, 3.63) is 41.7 Å². The van der Waals surface area contributed by atoms with E-state index in [0.29, 0.717) is 19.2 Å². The number of hydrogen-bond donors (Lipinski definition) is 0. The summed E-state index contributed by atoms with van der Waals surface area (Å²) >= 11 is 2.28. The summed E-state index contributed by atoms with van der Waals surface area (Å²) in [5.74, 6) is 0.714. The van der Waals surface area contributed by atoms with Crippen LogP contribution in [0.4, 0.5) is 0 Å². The van der Waals surface area contributed by atoms with E-state index in [0.717, 1.165) is 5.56 Å². The maximum Gasteiger partial charge on any atom is 0.190 e.